The summed E-state index contributed by atoms with van der Waals surface area (Å²) in [6.07, 6.45) is 5.53. The fourth-order valence-corrected chi connectivity index (χ4v) is 7.99. The van der Waals surface area contributed by atoms with Crippen molar-refractivity contribution in [3.8, 4) is 33.8 Å². The Hall–Kier alpha value is -6.02. The monoisotopic (exact) mass is 841 g/mol. The van der Waals surface area contributed by atoms with Gasteiger partial charge in [0.15, 0.2) is 11.6 Å². The lowest BCUT2D eigenvalue weighted by Crippen LogP contribution is -2.46. The summed E-state index contributed by atoms with van der Waals surface area (Å²) in [5, 5.41) is 11.5. The molecule has 4 aromatic carbocycles. The average Bonchev–Trinajstić information content (AvgIpc) is 3.84. The maximum Gasteiger partial charge on any atom is 0.228 e. The number of rotatable bonds is 17. The first-order valence-electron chi connectivity index (χ1n) is 21.6. The number of nitrogens with one attached hydrogen (secondary N) is 1. The number of aryl methyl sites for hydroxylation is 1. The van der Waals surface area contributed by atoms with Gasteiger partial charge in [-0.15, -0.1) is 0 Å². The van der Waals surface area contributed by atoms with Crippen LogP contribution >= 0.6 is 0 Å². The molecular formula is C49H59N7O6. The molecule has 6 rings (SSSR count). The molecule has 7 N–H and O–H groups in total. The third kappa shape index (κ3) is 11.1. The summed E-state index contributed by atoms with van der Waals surface area (Å²) in [5.74, 6) is -2.10. The van der Waals surface area contributed by atoms with Crippen molar-refractivity contribution in [2.45, 2.75) is 70.9 Å². The van der Waals surface area contributed by atoms with E-state index in [4.69, 9.17) is 26.7 Å². The van der Waals surface area contributed by atoms with Crippen LogP contribution in [0.4, 0.5) is 0 Å². The Labute approximate surface area is 364 Å². The summed E-state index contributed by atoms with van der Waals surface area (Å²) in [5.41, 5.74) is 25.1. The molecule has 0 aromatic heterocycles. The van der Waals surface area contributed by atoms with Crippen LogP contribution in [-0.4, -0.2) is 86.1 Å². The van der Waals surface area contributed by atoms with Crippen molar-refractivity contribution in [3.63, 3.8) is 0 Å². The smallest absolute Gasteiger partial charge is 0.228 e. The van der Waals surface area contributed by atoms with E-state index in [-0.39, 0.29) is 63.2 Å². The van der Waals surface area contributed by atoms with Crippen LogP contribution in [0.5, 0.6) is 11.5 Å². The number of amides is 2. The van der Waals surface area contributed by atoms with Crippen molar-refractivity contribution < 1.29 is 28.7 Å². The van der Waals surface area contributed by atoms with Gasteiger partial charge in [0.2, 0.25) is 11.8 Å². The molecule has 4 aromatic rings. The lowest BCUT2D eigenvalue weighted by atomic mass is 9.88. The van der Waals surface area contributed by atoms with Crippen molar-refractivity contribution >= 4 is 35.3 Å². The number of Topliss-reactive ketones (excluding diaryl/α,β-unsaturated/α-hetero) is 2. The fraction of sp³-hybridized carbons (Fsp3) is 0.388. The van der Waals surface area contributed by atoms with E-state index < -0.39 is 29.8 Å². The molecule has 0 radical (unpaired) electrons. The third-order valence-electron chi connectivity index (χ3n) is 11.5. The highest BCUT2D eigenvalue weighted by molar-refractivity contribution is 6.04. The summed E-state index contributed by atoms with van der Waals surface area (Å²) >= 11 is 0. The van der Waals surface area contributed by atoms with Crippen LogP contribution in [0.15, 0.2) is 95.1 Å². The number of benzene rings is 4. The van der Waals surface area contributed by atoms with Crippen LogP contribution in [0, 0.1) is 11.8 Å². The van der Waals surface area contributed by atoms with E-state index in [1.807, 2.05) is 36.4 Å². The zero-order chi connectivity index (χ0) is 44.2. The van der Waals surface area contributed by atoms with Gasteiger partial charge in [0, 0.05) is 74.8 Å². The topological polar surface area (TPSA) is 205 Å². The van der Waals surface area contributed by atoms with E-state index in [9.17, 15) is 19.2 Å². The standard InChI is InChI=1S/C49H59N7O6/c1-4-5-6-32-7-10-34(11-8-32)35-12-14-36(15-13-35)43(57)29-38(30-52)49(60)56(3)47-37-16-18-46(62-24-21-51)40(28-37)39-26-33(9-17-45(39)61-23-20-50)27-42(41-19-22-53-55-41)54-48(59)31(2)25-44(47)58/h7-18,22,26,28,31,38,42,47H,4-6,19-21,23-25,27,29-30,50-52H2,1-3H3,(H,54,59)/t31-,38+,42+,47+/m1/s1. The van der Waals surface area contributed by atoms with Gasteiger partial charge in [0.1, 0.15) is 30.8 Å². The Kier molecular flexibility index (Phi) is 15.9. The number of carbonyl (C=O) groups is 4. The van der Waals surface area contributed by atoms with Gasteiger partial charge in [-0.25, -0.2) is 0 Å². The minimum absolute atomic E-state index is 0.127. The summed E-state index contributed by atoms with van der Waals surface area (Å²) in [6, 6.07) is 25.2. The second-order valence-corrected chi connectivity index (χ2v) is 16.1. The molecule has 4 bridgehead atoms. The zero-order valence-electron chi connectivity index (χ0n) is 36.0. The lowest BCUT2D eigenvalue weighted by Gasteiger charge is -2.32. The van der Waals surface area contributed by atoms with Crippen LogP contribution in [-0.2, 0) is 27.2 Å². The molecule has 0 unspecified atom stereocenters. The van der Waals surface area contributed by atoms with Gasteiger partial charge in [0.25, 0.3) is 0 Å². The molecule has 4 atom stereocenters. The molecule has 0 spiro atoms. The van der Waals surface area contributed by atoms with Gasteiger partial charge >= 0.3 is 0 Å². The maximum absolute atomic E-state index is 14.6. The lowest BCUT2D eigenvalue weighted by molar-refractivity contribution is -0.142. The zero-order valence-corrected chi connectivity index (χ0v) is 36.0. The number of fused-ring (bicyclic) bond motifs is 5. The fourth-order valence-electron chi connectivity index (χ4n) is 7.99. The molecular weight excluding hydrogens is 783 g/mol. The highest BCUT2D eigenvalue weighted by Gasteiger charge is 2.36. The number of unbranched alkanes of at least 4 members (excludes halogenated alkanes) is 1. The number of nitrogens with zero attached hydrogens (tertiary/aromatic N) is 3. The molecule has 62 heavy (non-hydrogen) atoms. The van der Waals surface area contributed by atoms with Crippen LogP contribution in [0.25, 0.3) is 22.3 Å². The predicted octanol–water partition coefficient (Wildman–Crippen LogP) is 5.85. The van der Waals surface area contributed by atoms with E-state index in [0.29, 0.717) is 52.3 Å². The van der Waals surface area contributed by atoms with E-state index >= 15 is 0 Å². The first kappa shape index (κ1) is 45.5. The second kappa shape index (κ2) is 21.7. The Balaban J connectivity index is 1.33. The van der Waals surface area contributed by atoms with Gasteiger partial charge in [-0.3, -0.25) is 19.2 Å². The Morgan fingerprint density at radius 1 is 0.855 bits per heavy atom. The second-order valence-electron chi connectivity index (χ2n) is 16.1. The van der Waals surface area contributed by atoms with Crippen LogP contribution in [0.2, 0.25) is 0 Å². The summed E-state index contributed by atoms with van der Waals surface area (Å²) in [7, 11) is 1.54. The first-order chi connectivity index (χ1) is 30.0. The van der Waals surface area contributed by atoms with Gasteiger partial charge < -0.3 is 36.9 Å². The first-order valence-corrected chi connectivity index (χ1v) is 21.6. The van der Waals surface area contributed by atoms with Crippen molar-refractivity contribution in [3.05, 3.63) is 107 Å². The van der Waals surface area contributed by atoms with E-state index in [2.05, 4.69) is 46.7 Å². The van der Waals surface area contributed by atoms with E-state index in [0.717, 1.165) is 36.0 Å². The summed E-state index contributed by atoms with van der Waals surface area (Å²) in [6.45, 7) is 4.74. The number of likely N-dealkylation sites (N-methyl/N-ethyl adjacent to an activating group) is 1. The molecule has 0 saturated heterocycles. The van der Waals surface area contributed by atoms with Crippen LogP contribution in [0.3, 0.4) is 0 Å². The Morgan fingerprint density at radius 3 is 2.11 bits per heavy atom. The molecule has 0 fully saturated rings. The molecule has 326 valence electrons. The predicted molar refractivity (Wildman–Crippen MR) is 243 cm³/mol. The minimum Gasteiger partial charge on any atom is -0.492 e. The quantitative estimate of drug-likeness (QED) is 0.0940. The van der Waals surface area contributed by atoms with E-state index in [1.165, 1.54) is 17.5 Å². The number of ketones is 2. The van der Waals surface area contributed by atoms with Gasteiger partial charge in [0.05, 0.1) is 17.7 Å². The molecule has 0 saturated carbocycles. The van der Waals surface area contributed by atoms with Gasteiger partial charge in [-0.1, -0.05) is 80.9 Å². The van der Waals surface area contributed by atoms with Gasteiger partial charge in [-0.2, -0.15) is 10.2 Å². The number of carbonyl (C=O) groups excluding carboxylic acids is 4. The molecule has 13 heteroatoms. The SMILES string of the molecule is CCCCc1ccc(-c2ccc(C(=O)C[C@@H](CN)C(=O)N(C)[C@@H]3C(=O)C[C@@H](C)C(=O)N[C@H](C4=NN=CC4)Cc4ccc(OCCN)c(c4)-c4cc3ccc4OCCN)cc2)cc1. The number of nitrogens with two attached hydrogens (primary N) is 3. The summed E-state index contributed by atoms with van der Waals surface area (Å²) in [4.78, 5) is 58.1. The minimum atomic E-state index is -1.15. The van der Waals surface area contributed by atoms with Crippen LogP contribution < -0.4 is 32.0 Å². The normalized spacial score (nSPS) is 18.0. The van der Waals surface area contributed by atoms with Crippen molar-refractivity contribution in [1.82, 2.24) is 10.2 Å². The maximum atomic E-state index is 14.6. The summed E-state index contributed by atoms with van der Waals surface area (Å²) < 4.78 is 12.3. The largest absolute Gasteiger partial charge is 0.492 e. The number of ether oxygens (including phenoxy) is 2. The van der Waals surface area contributed by atoms with Crippen molar-refractivity contribution in [2.24, 2.45) is 39.2 Å². The van der Waals surface area contributed by atoms with E-state index in [1.54, 1.807) is 37.4 Å². The average molecular weight is 842 g/mol. The Morgan fingerprint density at radius 2 is 1.50 bits per heavy atom. The molecule has 13 nitrogen and oxygen atoms in total. The number of hydrogen-bond acceptors (Lipinski definition) is 11. The molecule has 2 heterocycles. The molecule has 2 aliphatic rings. The highest BCUT2D eigenvalue weighted by Crippen LogP contribution is 2.41. The third-order valence-corrected chi connectivity index (χ3v) is 11.5. The molecule has 2 amide bonds. The van der Waals surface area contributed by atoms with Crippen molar-refractivity contribution in [1.29, 1.82) is 0 Å². The van der Waals surface area contributed by atoms with Crippen molar-refractivity contribution in [2.75, 3.05) is 39.9 Å². The van der Waals surface area contributed by atoms with Gasteiger partial charge in [-0.05, 0) is 71.3 Å². The Bertz CT molecular complexity index is 2270. The molecule has 0 aliphatic carbocycles. The molecule has 2 aliphatic heterocycles. The highest BCUT2D eigenvalue weighted by atomic mass is 16.5. The number of hydrogen-bond donors (Lipinski definition) is 4. The van der Waals surface area contributed by atoms with Crippen LogP contribution in [0.1, 0.15) is 79.0 Å².